The number of nitrogens with two attached hydrogens (primary N) is 1. The molecule has 0 radical (unpaired) electrons. The Labute approximate surface area is 135 Å². The fourth-order valence-corrected chi connectivity index (χ4v) is 2.50. The molecule has 0 saturated carbocycles. The van der Waals surface area contributed by atoms with E-state index in [9.17, 15) is 0 Å². The maximum absolute atomic E-state index is 5.78. The van der Waals surface area contributed by atoms with Crippen molar-refractivity contribution in [2.75, 3.05) is 14.2 Å². The molecular weight excluding hydrogens is 290 g/mol. The van der Waals surface area contributed by atoms with Gasteiger partial charge in [0.1, 0.15) is 11.5 Å². The maximum Gasteiger partial charge on any atom is 0.128 e. The molecule has 0 spiro atoms. The highest BCUT2D eigenvalue weighted by Crippen LogP contribution is 2.32. The standard InChI is InChI=1S/C18H19N3O2/c1-22-15-9-7-14(8-10-15)21-17(11-13(12-19)20-21)16-5-3-4-6-18(16)23-2/h3-11H,12,19H2,1-2H3. The summed E-state index contributed by atoms with van der Waals surface area (Å²) in [4.78, 5) is 0. The van der Waals surface area contributed by atoms with E-state index >= 15 is 0 Å². The fourth-order valence-electron chi connectivity index (χ4n) is 2.50. The molecule has 0 aliphatic carbocycles. The van der Waals surface area contributed by atoms with Crippen molar-refractivity contribution in [1.82, 2.24) is 9.78 Å². The van der Waals surface area contributed by atoms with Crippen molar-refractivity contribution in [3.05, 3.63) is 60.3 Å². The van der Waals surface area contributed by atoms with Gasteiger partial charge in [-0.3, -0.25) is 0 Å². The molecule has 3 aromatic rings. The lowest BCUT2D eigenvalue weighted by Crippen LogP contribution is -2.02. The van der Waals surface area contributed by atoms with E-state index in [2.05, 4.69) is 5.10 Å². The third-order valence-corrected chi connectivity index (χ3v) is 3.67. The molecule has 0 saturated heterocycles. The third-order valence-electron chi connectivity index (χ3n) is 3.67. The molecule has 0 atom stereocenters. The largest absolute Gasteiger partial charge is 0.497 e. The van der Waals surface area contributed by atoms with Crippen molar-refractivity contribution < 1.29 is 9.47 Å². The molecule has 5 heteroatoms. The molecule has 0 fully saturated rings. The second-order valence-corrected chi connectivity index (χ2v) is 5.04. The number of nitrogens with zero attached hydrogens (tertiary/aromatic N) is 2. The zero-order valence-electron chi connectivity index (χ0n) is 13.2. The number of rotatable bonds is 5. The first-order chi connectivity index (χ1) is 11.3. The predicted octanol–water partition coefficient (Wildman–Crippen LogP) is 3.02. The number of aromatic nitrogens is 2. The SMILES string of the molecule is COc1ccc(-n2nc(CN)cc2-c2ccccc2OC)cc1. The van der Waals surface area contributed by atoms with E-state index in [-0.39, 0.29) is 0 Å². The van der Waals surface area contributed by atoms with Crippen LogP contribution in [0.4, 0.5) is 0 Å². The van der Waals surface area contributed by atoms with Gasteiger partial charge in [0, 0.05) is 12.1 Å². The number of hydrogen-bond acceptors (Lipinski definition) is 4. The Morgan fingerprint density at radius 1 is 1.00 bits per heavy atom. The van der Waals surface area contributed by atoms with Gasteiger partial charge in [-0.1, -0.05) is 12.1 Å². The summed E-state index contributed by atoms with van der Waals surface area (Å²) in [6.45, 7) is 0.380. The normalized spacial score (nSPS) is 10.6. The predicted molar refractivity (Wildman–Crippen MR) is 90.0 cm³/mol. The highest BCUT2D eigenvalue weighted by molar-refractivity contribution is 5.69. The fraction of sp³-hybridized carbons (Fsp3) is 0.167. The van der Waals surface area contributed by atoms with Crippen LogP contribution in [-0.2, 0) is 6.54 Å². The average molecular weight is 309 g/mol. The molecule has 2 N–H and O–H groups in total. The minimum Gasteiger partial charge on any atom is -0.497 e. The summed E-state index contributed by atoms with van der Waals surface area (Å²) in [5, 5.41) is 4.60. The monoisotopic (exact) mass is 309 g/mol. The zero-order valence-corrected chi connectivity index (χ0v) is 13.2. The smallest absolute Gasteiger partial charge is 0.128 e. The molecule has 23 heavy (non-hydrogen) atoms. The van der Waals surface area contributed by atoms with Gasteiger partial charge in [0.15, 0.2) is 0 Å². The molecule has 0 bridgehead atoms. The van der Waals surface area contributed by atoms with Crippen LogP contribution < -0.4 is 15.2 Å². The molecule has 2 aromatic carbocycles. The van der Waals surface area contributed by atoms with E-state index in [4.69, 9.17) is 15.2 Å². The van der Waals surface area contributed by atoms with E-state index in [1.54, 1.807) is 14.2 Å². The first-order valence-electron chi connectivity index (χ1n) is 7.33. The van der Waals surface area contributed by atoms with Crippen LogP contribution in [0, 0.1) is 0 Å². The van der Waals surface area contributed by atoms with Crippen LogP contribution in [0.1, 0.15) is 5.69 Å². The van der Waals surface area contributed by atoms with Crippen molar-refractivity contribution in [2.45, 2.75) is 6.54 Å². The lowest BCUT2D eigenvalue weighted by molar-refractivity contribution is 0.414. The number of benzene rings is 2. The van der Waals surface area contributed by atoms with Crippen LogP contribution in [0.15, 0.2) is 54.6 Å². The summed E-state index contributed by atoms with van der Waals surface area (Å²) in [5.41, 5.74) is 9.44. The first-order valence-corrected chi connectivity index (χ1v) is 7.33. The summed E-state index contributed by atoms with van der Waals surface area (Å²) < 4.78 is 12.6. The van der Waals surface area contributed by atoms with E-state index in [0.29, 0.717) is 6.54 Å². The molecule has 1 aromatic heterocycles. The van der Waals surface area contributed by atoms with Gasteiger partial charge >= 0.3 is 0 Å². The molecule has 5 nitrogen and oxygen atoms in total. The van der Waals surface area contributed by atoms with Crippen LogP contribution in [-0.4, -0.2) is 24.0 Å². The van der Waals surface area contributed by atoms with Gasteiger partial charge in [0.05, 0.1) is 31.3 Å². The summed E-state index contributed by atoms with van der Waals surface area (Å²) >= 11 is 0. The minimum absolute atomic E-state index is 0.380. The summed E-state index contributed by atoms with van der Waals surface area (Å²) in [7, 11) is 3.31. The highest BCUT2D eigenvalue weighted by atomic mass is 16.5. The number of hydrogen-bond donors (Lipinski definition) is 1. The first kappa shape index (κ1) is 15.1. The van der Waals surface area contributed by atoms with Gasteiger partial charge in [-0.15, -0.1) is 0 Å². The number of para-hydroxylation sites is 1. The van der Waals surface area contributed by atoms with Gasteiger partial charge in [-0.05, 0) is 42.5 Å². The average Bonchev–Trinajstić information content (AvgIpc) is 3.06. The van der Waals surface area contributed by atoms with E-state index < -0.39 is 0 Å². The number of methoxy groups -OCH3 is 2. The van der Waals surface area contributed by atoms with Crippen LogP contribution in [0.3, 0.4) is 0 Å². The molecule has 0 aliphatic heterocycles. The maximum atomic E-state index is 5.78. The van der Waals surface area contributed by atoms with Crippen LogP contribution >= 0.6 is 0 Å². The number of ether oxygens (including phenoxy) is 2. The van der Waals surface area contributed by atoms with Gasteiger partial charge in [0.2, 0.25) is 0 Å². The molecular formula is C18H19N3O2. The Balaban J connectivity index is 2.15. The second kappa shape index (κ2) is 6.54. The Kier molecular flexibility index (Phi) is 4.30. The van der Waals surface area contributed by atoms with Gasteiger partial charge in [-0.2, -0.15) is 5.10 Å². The topological polar surface area (TPSA) is 62.3 Å². The minimum atomic E-state index is 0.380. The Hall–Kier alpha value is -2.79. The van der Waals surface area contributed by atoms with Crippen LogP contribution in [0.2, 0.25) is 0 Å². The van der Waals surface area contributed by atoms with Gasteiger partial charge in [-0.25, -0.2) is 4.68 Å². The summed E-state index contributed by atoms with van der Waals surface area (Å²) in [5.74, 6) is 1.60. The van der Waals surface area contributed by atoms with Gasteiger partial charge in [0.25, 0.3) is 0 Å². The van der Waals surface area contributed by atoms with Crippen LogP contribution in [0.5, 0.6) is 11.5 Å². The van der Waals surface area contributed by atoms with Gasteiger partial charge < -0.3 is 15.2 Å². The highest BCUT2D eigenvalue weighted by Gasteiger charge is 2.14. The Bertz CT molecular complexity index is 794. The summed E-state index contributed by atoms with van der Waals surface area (Å²) in [6, 6.07) is 17.6. The Morgan fingerprint density at radius 3 is 2.39 bits per heavy atom. The van der Waals surface area contributed by atoms with E-state index in [1.165, 1.54) is 0 Å². The lowest BCUT2D eigenvalue weighted by Gasteiger charge is -2.11. The van der Waals surface area contributed by atoms with Crippen molar-refractivity contribution in [1.29, 1.82) is 0 Å². The summed E-state index contributed by atoms with van der Waals surface area (Å²) in [6.07, 6.45) is 0. The quantitative estimate of drug-likeness (QED) is 0.787. The zero-order chi connectivity index (χ0) is 16.2. The van der Waals surface area contributed by atoms with Crippen molar-refractivity contribution in [2.24, 2.45) is 5.73 Å². The van der Waals surface area contributed by atoms with Crippen molar-refractivity contribution in [3.63, 3.8) is 0 Å². The third kappa shape index (κ3) is 2.91. The second-order valence-electron chi connectivity index (χ2n) is 5.04. The van der Waals surface area contributed by atoms with Crippen molar-refractivity contribution >= 4 is 0 Å². The molecule has 3 rings (SSSR count). The molecule has 1 heterocycles. The molecule has 0 aliphatic rings. The lowest BCUT2D eigenvalue weighted by atomic mass is 10.1. The van der Waals surface area contributed by atoms with Crippen LogP contribution in [0.25, 0.3) is 16.9 Å². The Morgan fingerprint density at radius 2 is 1.74 bits per heavy atom. The molecule has 0 amide bonds. The van der Waals surface area contributed by atoms with E-state index in [1.807, 2.05) is 59.3 Å². The molecule has 118 valence electrons. The van der Waals surface area contributed by atoms with Crippen molar-refractivity contribution in [3.8, 4) is 28.4 Å². The van der Waals surface area contributed by atoms with E-state index in [0.717, 1.165) is 34.1 Å². The molecule has 0 unspecified atom stereocenters.